The van der Waals surface area contributed by atoms with E-state index in [4.69, 9.17) is 5.73 Å². The Kier molecular flexibility index (Phi) is 2.94. The highest BCUT2D eigenvalue weighted by Crippen LogP contribution is 2.33. The SMILES string of the molecule is Cc1c(OC(F)(F)F)ccc(Br)c1N. The average molecular weight is 270 g/mol. The fraction of sp³-hybridized carbons (Fsp3) is 0.250. The number of anilines is 1. The van der Waals surface area contributed by atoms with Gasteiger partial charge in [0, 0.05) is 10.0 Å². The van der Waals surface area contributed by atoms with E-state index in [1.807, 2.05) is 0 Å². The molecule has 0 aliphatic heterocycles. The standard InChI is InChI=1S/C8H7BrF3NO/c1-4-6(14-8(10,11)12)3-2-5(9)7(4)13/h2-3H,13H2,1H3. The second-order valence-electron chi connectivity index (χ2n) is 2.63. The molecule has 0 radical (unpaired) electrons. The first-order valence-corrected chi connectivity index (χ1v) is 4.41. The lowest BCUT2D eigenvalue weighted by atomic mass is 10.2. The predicted molar refractivity (Wildman–Crippen MR) is 50.0 cm³/mol. The van der Waals surface area contributed by atoms with E-state index in [1.165, 1.54) is 19.1 Å². The van der Waals surface area contributed by atoms with Crippen molar-refractivity contribution in [2.45, 2.75) is 13.3 Å². The van der Waals surface area contributed by atoms with Gasteiger partial charge in [0.2, 0.25) is 0 Å². The molecule has 0 aromatic heterocycles. The van der Waals surface area contributed by atoms with Crippen molar-refractivity contribution in [1.29, 1.82) is 0 Å². The summed E-state index contributed by atoms with van der Waals surface area (Å²) in [6, 6.07) is 2.62. The van der Waals surface area contributed by atoms with Gasteiger partial charge in [-0.2, -0.15) is 0 Å². The minimum absolute atomic E-state index is 0.242. The number of halogens is 4. The summed E-state index contributed by atoms with van der Waals surface area (Å²) < 4.78 is 39.9. The summed E-state index contributed by atoms with van der Waals surface area (Å²) in [7, 11) is 0. The third-order valence-electron chi connectivity index (χ3n) is 1.64. The first kappa shape index (κ1) is 11.2. The lowest BCUT2D eigenvalue weighted by Crippen LogP contribution is -2.18. The topological polar surface area (TPSA) is 35.2 Å². The van der Waals surface area contributed by atoms with Crippen LogP contribution in [0.3, 0.4) is 0 Å². The zero-order valence-electron chi connectivity index (χ0n) is 7.15. The second-order valence-corrected chi connectivity index (χ2v) is 3.49. The number of rotatable bonds is 1. The van der Waals surface area contributed by atoms with Crippen LogP contribution < -0.4 is 10.5 Å². The summed E-state index contributed by atoms with van der Waals surface area (Å²) >= 11 is 3.10. The summed E-state index contributed by atoms with van der Waals surface area (Å²) in [6.45, 7) is 1.46. The van der Waals surface area contributed by atoms with Gasteiger partial charge in [-0.25, -0.2) is 0 Å². The van der Waals surface area contributed by atoms with E-state index in [0.717, 1.165) is 0 Å². The molecule has 6 heteroatoms. The van der Waals surface area contributed by atoms with Crippen molar-refractivity contribution in [3.05, 3.63) is 22.2 Å². The molecule has 14 heavy (non-hydrogen) atoms. The number of hydrogen-bond donors (Lipinski definition) is 1. The Morgan fingerprint density at radius 1 is 1.36 bits per heavy atom. The molecule has 0 aliphatic rings. The first-order valence-electron chi connectivity index (χ1n) is 3.61. The highest BCUT2D eigenvalue weighted by Gasteiger charge is 2.32. The summed E-state index contributed by atoms with van der Waals surface area (Å²) in [5, 5.41) is 0. The number of alkyl halides is 3. The van der Waals surface area contributed by atoms with Crippen LogP contribution in [0.25, 0.3) is 0 Å². The maximum Gasteiger partial charge on any atom is 0.573 e. The molecule has 0 fully saturated rings. The van der Waals surface area contributed by atoms with Crippen molar-refractivity contribution in [1.82, 2.24) is 0 Å². The van der Waals surface area contributed by atoms with E-state index in [9.17, 15) is 13.2 Å². The van der Waals surface area contributed by atoms with Crippen LogP contribution in [0, 0.1) is 6.92 Å². The minimum Gasteiger partial charge on any atom is -0.405 e. The first-order chi connectivity index (χ1) is 6.31. The zero-order chi connectivity index (χ0) is 10.9. The normalized spacial score (nSPS) is 11.5. The Labute approximate surface area is 87.0 Å². The maximum absolute atomic E-state index is 11.9. The monoisotopic (exact) mass is 269 g/mol. The van der Waals surface area contributed by atoms with E-state index < -0.39 is 6.36 Å². The smallest absolute Gasteiger partial charge is 0.405 e. The van der Waals surface area contributed by atoms with Crippen LogP contribution >= 0.6 is 15.9 Å². The molecule has 1 rings (SSSR count). The van der Waals surface area contributed by atoms with Crippen molar-refractivity contribution >= 4 is 21.6 Å². The van der Waals surface area contributed by atoms with Crippen LogP contribution in [0.2, 0.25) is 0 Å². The van der Waals surface area contributed by atoms with Gasteiger partial charge in [0.15, 0.2) is 0 Å². The molecule has 78 valence electrons. The number of hydrogen-bond acceptors (Lipinski definition) is 2. The minimum atomic E-state index is -4.69. The molecule has 2 nitrogen and oxygen atoms in total. The molecule has 1 aromatic rings. The van der Waals surface area contributed by atoms with Gasteiger partial charge in [-0.05, 0) is 35.0 Å². The predicted octanol–water partition coefficient (Wildman–Crippen LogP) is 3.24. The van der Waals surface area contributed by atoms with Crippen LogP contribution in [0.15, 0.2) is 16.6 Å². The summed E-state index contributed by atoms with van der Waals surface area (Å²) in [5.41, 5.74) is 6.01. The molecule has 0 spiro atoms. The highest BCUT2D eigenvalue weighted by molar-refractivity contribution is 9.10. The van der Waals surface area contributed by atoms with Crippen molar-refractivity contribution in [2.24, 2.45) is 0 Å². The molecule has 0 unspecified atom stereocenters. The molecule has 2 N–H and O–H groups in total. The fourth-order valence-electron chi connectivity index (χ4n) is 0.911. The maximum atomic E-state index is 11.9. The fourth-order valence-corrected chi connectivity index (χ4v) is 1.34. The molecule has 1 aromatic carbocycles. The van der Waals surface area contributed by atoms with Crippen LogP contribution in [0.1, 0.15) is 5.56 Å². The Morgan fingerprint density at radius 3 is 2.43 bits per heavy atom. The van der Waals surface area contributed by atoms with Gasteiger partial charge in [0.05, 0.1) is 5.69 Å². The highest BCUT2D eigenvalue weighted by atomic mass is 79.9. The lowest BCUT2D eigenvalue weighted by Gasteiger charge is -2.13. The van der Waals surface area contributed by atoms with Crippen molar-refractivity contribution in [2.75, 3.05) is 5.73 Å². The Morgan fingerprint density at radius 2 is 1.93 bits per heavy atom. The Balaban J connectivity index is 3.06. The van der Waals surface area contributed by atoms with Gasteiger partial charge < -0.3 is 10.5 Å². The third kappa shape index (κ3) is 2.54. The van der Waals surface area contributed by atoms with E-state index in [1.54, 1.807) is 0 Å². The van der Waals surface area contributed by atoms with Gasteiger partial charge in [0.1, 0.15) is 5.75 Å². The van der Waals surface area contributed by atoms with Gasteiger partial charge in [0.25, 0.3) is 0 Å². The lowest BCUT2D eigenvalue weighted by molar-refractivity contribution is -0.274. The molecule has 0 aliphatic carbocycles. The molecule has 0 bridgehead atoms. The van der Waals surface area contributed by atoms with Gasteiger partial charge in [-0.15, -0.1) is 13.2 Å². The van der Waals surface area contributed by atoms with E-state index in [-0.39, 0.29) is 17.0 Å². The van der Waals surface area contributed by atoms with E-state index >= 15 is 0 Å². The summed E-state index contributed by atoms with van der Waals surface area (Å²) in [4.78, 5) is 0. The van der Waals surface area contributed by atoms with E-state index in [0.29, 0.717) is 4.47 Å². The Hall–Kier alpha value is -0.910. The molecular weight excluding hydrogens is 263 g/mol. The molecular formula is C8H7BrF3NO. The number of nitrogen functional groups attached to an aromatic ring is 1. The van der Waals surface area contributed by atoms with Crippen LogP contribution in [0.5, 0.6) is 5.75 Å². The molecule has 0 heterocycles. The van der Waals surface area contributed by atoms with E-state index in [2.05, 4.69) is 20.7 Å². The van der Waals surface area contributed by atoms with Gasteiger partial charge in [-0.3, -0.25) is 0 Å². The molecule has 0 amide bonds. The Bertz CT molecular complexity index is 351. The van der Waals surface area contributed by atoms with Crippen molar-refractivity contribution in [3.63, 3.8) is 0 Å². The molecule has 0 saturated heterocycles. The van der Waals surface area contributed by atoms with Crippen molar-refractivity contribution in [3.8, 4) is 5.75 Å². The van der Waals surface area contributed by atoms with Crippen LogP contribution in [-0.2, 0) is 0 Å². The molecule has 0 atom stereocenters. The largest absolute Gasteiger partial charge is 0.573 e. The molecule has 0 saturated carbocycles. The zero-order valence-corrected chi connectivity index (χ0v) is 8.74. The quantitative estimate of drug-likeness (QED) is 0.795. The van der Waals surface area contributed by atoms with Crippen LogP contribution in [0.4, 0.5) is 18.9 Å². The second kappa shape index (κ2) is 3.68. The number of nitrogens with two attached hydrogens (primary N) is 1. The van der Waals surface area contributed by atoms with Gasteiger partial charge in [-0.1, -0.05) is 0 Å². The third-order valence-corrected chi connectivity index (χ3v) is 2.33. The summed E-state index contributed by atoms with van der Waals surface area (Å²) in [5.74, 6) is -0.279. The van der Waals surface area contributed by atoms with Crippen LogP contribution in [-0.4, -0.2) is 6.36 Å². The number of ether oxygens (including phenoxy) is 1. The average Bonchev–Trinajstić information content (AvgIpc) is 2.04. The number of benzene rings is 1. The van der Waals surface area contributed by atoms with Crippen molar-refractivity contribution < 1.29 is 17.9 Å². The van der Waals surface area contributed by atoms with Gasteiger partial charge >= 0.3 is 6.36 Å². The summed E-state index contributed by atoms with van der Waals surface area (Å²) in [6.07, 6.45) is -4.69.